The molecule has 2 rings (SSSR count). The summed E-state index contributed by atoms with van der Waals surface area (Å²) in [6, 6.07) is 12.2. The molecule has 120 valence electrons. The number of hydrogen-bond acceptors (Lipinski definition) is 3. The zero-order valence-corrected chi connectivity index (χ0v) is 13.9. The highest BCUT2D eigenvalue weighted by molar-refractivity contribution is 6.35. The van der Waals surface area contributed by atoms with Crippen LogP contribution in [-0.4, -0.2) is 18.5 Å². The topological polar surface area (TPSA) is 55.4 Å². The Morgan fingerprint density at radius 1 is 1.13 bits per heavy atom. The third-order valence-corrected chi connectivity index (χ3v) is 3.78. The van der Waals surface area contributed by atoms with Crippen molar-refractivity contribution < 1.29 is 14.3 Å². The van der Waals surface area contributed by atoms with Crippen molar-refractivity contribution in [2.45, 2.75) is 13.5 Å². The fourth-order valence-electron chi connectivity index (χ4n) is 1.92. The van der Waals surface area contributed by atoms with Gasteiger partial charge in [0, 0.05) is 11.6 Å². The maximum Gasteiger partial charge on any atom is 0.340 e. The lowest BCUT2D eigenvalue weighted by Gasteiger charge is -2.09. The standard InChI is InChI=1S/C17H15Cl2NO3/c1-11-4-2-3-5-12(11)9-20-16(21)10-23-17(22)14-8-13(18)6-7-15(14)19/h2-8H,9-10H2,1H3,(H,20,21). The van der Waals surface area contributed by atoms with Gasteiger partial charge < -0.3 is 10.1 Å². The zero-order valence-electron chi connectivity index (χ0n) is 12.4. The number of benzene rings is 2. The van der Waals surface area contributed by atoms with Crippen LogP contribution in [0.2, 0.25) is 10.0 Å². The number of halogens is 2. The van der Waals surface area contributed by atoms with E-state index in [1.165, 1.54) is 12.1 Å². The first-order valence-electron chi connectivity index (χ1n) is 6.91. The van der Waals surface area contributed by atoms with Gasteiger partial charge in [0.1, 0.15) is 0 Å². The lowest BCUT2D eigenvalue weighted by Crippen LogP contribution is -2.28. The minimum atomic E-state index is -0.691. The highest BCUT2D eigenvalue weighted by Crippen LogP contribution is 2.21. The Balaban J connectivity index is 1.86. The zero-order chi connectivity index (χ0) is 16.8. The molecule has 0 aliphatic carbocycles. The molecule has 2 aromatic rings. The van der Waals surface area contributed by atoms with Crippen molar-refractivity contribution in [3.63, 3.8) is 0 Å². The van der Waals surface area contributed by atoms with Crippen molar-refractivity contribution in [2.24, 2.45) is 0 Å². The van der Waals surface area contributed by atoms with Crippen LogP contribution in [0.25, 0.3) is 0 Å². The molecule has 2 aromatic carbocycles. The summed E-state index contributed by atoms with van der Waals surface area (Å²) >= 11 is 11.7. The van der Waals surface area contributed by atoms with Crippen molar-refractivity contribution in [1.29, 1.82) is 0 Å². The molecule has 4 nitrogen and oxygen atoms in total. The summed E-state index contributed by atoms with van der Waals surface area (Å²) in [4.78, 5) is 23.7. The largest absolute Gasteiger partial charge is 0.452 e. The SMILES string of the molecule is Cc1ccccc1CNC(=O)COC(=O)c1cc(Cl)ccc1Cl. The summed E-state index contributed by atoms with van der Waals surface area (Å²) in [5.41, 5.74) is 2.21. The van der Waals surface area contributed by atoms with Crippen LogP contribution in [0.5, 0.6) is 0 Å². The minimum Gasteiger partial charge on any atom is -0.452 e. The third-order valence-electron chi connectivity index (χ3n) is 3.22. The molecule has 0 heterocycles. The van der Waals surface area contributed by atoms with Crippen LogP contribution in [0, 0.1) is 6.92 Å². The maximum atomic E-state index is 11.9. The average molecular weight is 352 g/mol. The Bertz CT molecular complexity index is 732. The van der Waals surface area contributed by atoms with Crippen LogP contribution in [-0.2, 0) is 16.1 Å². The van der Waals surface area contributed by atoms with Gasteiger partial charge in [-0.1, -0.05) is 47.5 Å². The van der Waals surface area contributed by atoms with Crippen molar-refractivity contribution in [2.75, 3.05) is 6.61 Å². The van der Waals surface area contributed by atoms with Gasteiger partial charge in [-0.25, -0.2) is 4.79 Å². The molecule has 0 saturated carbocycles. The van der Waals surface area contributed by atoms with E-state index in [0.717, 1.165) is 11.1 Å². The summed E-state index contributed by atoms with van der Waals surface area (Å²) in [5, 5.41) is 3.29. The summed E-state index contributed by atoms with van der Waals surface area (Å²) < 4.78 is 4.95. The van der Waals surface area contributed by atoms with E-state index < -0.39 is 5.97 Å². The van der Waals surface area contributed by atoms with Crippen LogP contribution in [0.4, 0.5) is 0 Å². The van der Waals surface area contributed by atoms with Crippen LogP contribution in [0.3, 0.4) is 0 Å². The molecule has 1 N–H and O–H groups in total. The molecule has 0 saturated heterocycles. The first-order valence-corrected chi connectivity index (χ1v) is 7.66. The molecule has 0 radical (unpaired) electrons. The van der Waals surface area contributed by atoms with Crippen molar-refractivity contribution in [3.05, 3.63) is 69.2 Å². The number of esters is 1. The molecule has 0 bridgehead atoms. The summed E-state index contributed by atoms with van der Waals surface area (Å²) in [7, 11) is 0. The summed E-state index contributed by atoms with van der Waals surface area (Å²) in [6.45, 7) is 1.96. The number of rotatable bonds is 5. The van der Waals surface area contributed by atoms with Gasteiger partial charge in [0.05, 0.1) is 10.6 Å². The molecule has 23 heavy (non-hydrogen) atoms. The fourth-order valence-corrected chi connectivity index (χ4v) is 2.28. The van der Waals surface area contributed by atoms with Crippen molar-refractivity contribution >= 4 is 35.1 Å². The van der Waals surface area contributed by atoms with Gasteiger partial charge >= 0.3 is 5.97 Å². The van der Waals surface area contributed by atoms with Gasteiger partial charge in [-0.15, -0.1) is 0 Å². The number of amides is 1. The quantitative estimate of drug-likeness (QED) is 0.834. The van der Waals surface area contributed by atoms with Gasteiger partial charge in [0.2, 0.25) is 0 Å². The highest BCUT2D eigenvalue weighted by atomic mass is 35.5. The van der Waals surface area contributed by atoms with Crippen LogP contribution < -0.4 is 5.32 Å². The minimum absolute atomic E-state index is 0.130. The van der Waals surface area contributed by atoms with Gasteiger partial charge in [-0.3, -0.25) is 4.79 Å². The lowest BCUT2D eigenvalue weighted by molar-refractivity contribution is -0.124. The number of carbonyl (C=O) groups is 2. The molecule has 0 atom stereocenters. The van der Waals surface area contributed by atoms with Crippen LogP contribution in [0.1, 0.15) is 21.5 Å². The predicted molar refractivity (Wildman–Crippen MR) is 89.8 cm³/mol. The average Bonchev–Trinajstić information content (AvgIpc) is 2.54. The van der Waals surface area contributed by atoms with Gasteiger partial charge in [-0.05, 0) is 36.2 Å². The van der Waals surface area contributed by atoms with E-state index in [0.29, 0.717) is 11.6 Å². The Morgan fingerprint density at radius 2 is 1.87 bits per heavy atom. The number of nitrogens with one attached hydrogen (secondary N) is 1. The molecule has 6 heteroatoms. The molecule has 0 spiro atoms. The van der Waals surface area contributed by atoms with Gasteiger partial charge in [0.25, 0.3) is 5.91 Å². The third kappa shape index (κ3) is 4.98. The Hall–Kier alpha value is -2.04. The van der Waals surface area contributed by atoms with E-state index in [-0.39, 0.29) is 23.1 Å². The lowest BCUT2D eigenvalue weighted by atomic mass is 10.1. The second-order valence-electron chi connectivity index (χ2n) is 4.90. The molecule has 0 aliphatic heterocycles. The Labute approximate surface area is 144 Å². The monoisotopic (exact) mass is 351 g/mol. The number of ether oxygens (including phenoxy) is 1. The molecule has 1 amide bonds. The second-order valence-corrected chi connectivity index (χ2v) is 5.75. The first kappa shape index (κ1) is 17.3. The normalized spacial score (nSPS) is 10.2. The summed E-state index contributed by atoms with van der Waals surface area (Å²) in [5.74, 6) is -1.08. The second kappa shape index (κ2) is 7.99. The van der Waals surface area contributed by atoms with E-state index in [4.69, 9.17) is 27.9 Å². The van der Waals surface area contributed by atoms with Crippen LogP contribution in [0.15, 0.2) is 42.5 Å². The van der Waals surface area contributed by atoms with E-state index in [2.05, 4.69) is 5.32 Å². The van der Waals surface area contributed by atoms with Gasteiger partial charge in [0.15, 0.2) is 6.61 Å². The maximum absolute atomic E-state index is 11.9. The molecular formula is C17H15Cl2NO3. The fraction of sp³-hybridized carbons (Fsp3) is 0.176. The Kier molecular flexibility index (Phi) is 6.02. The van der Waals surface area contributed by atoms with E-state index >= 15 is 0 Å². The predicted octanol–water partition coefficient (Wildman–Crippen LogP) is 3.78. The highest BCUT2D eigenvalue weighted by Gasteiger charge is 2.14. The molecular weight excluding hydrogens is 337 g/mol. The number of carbonyl (C=O) groups excluding carboxylic acids is 2. The van der Waals surface area contributed by atoms with E-state index in [1.54, 1.807) is 6.07 Å². The number of aryl methyl sites for hydroxylation is 1. The number of hydrogen-bond donors (Lipinski definition) is 1. The van der Waals surface area contributed by atoms with Crippen molar-refractivity contribution in [3.8, 4) is 0 Å². The van der Waals surface area contributed by atoms with E-state index in [9.17, 15) is 9.59 Å². The molecule has 0 aromatic heterocycles. The van der Waals surface area contributed by atoms with E-state index in [1.807, 2.05) is 31.2 Å². The summed E-state index contributed by atoms with van der Waals surface area (Å²) in [6.07, 6.45) is 0. The smallest absolute Gasteiger partial charge is 0.340 e. The molecule has 0 unspecified atom stereocenters. The van der Waals surface area contributed by atoms with Crippen molar-refractivity contribution in [1.82, 2.24) is 5.32 Å². The van der Waals surface area contributed by atoms with Crippen LogP contribution >= 0.6 is 23.2 Å². The van der Waals surface area contributed by atoms with Gasteiger partial charge in [-0.2, -0.15) is 0 Å². The first-order chi connectivity index (χ1) is 11.0. The molecule has 0 aliphatic rings. The Morgan fingerprint density at radius 3 is 2.61 bits per heavy atom. The molecule has 0 fully saturated rings.